The average Bonchev–Trinajstić information content (AvgIpc) is 2.98. The van der Waals surface area contributed by atoms with Crippen molar-refractivity contribution in [2.24, 2.45) is 0 Å². The summed E-state index contributed by atoms with van der Waals surface area (Å²) in [7, 11) is 0. The van der Waals surface area contributed by atoms with E-state index in [2.05, 4.69) is 5.32 Å². The van der Waals surface area contributed by atoms with E-state index in [1.54, 1.807) is 23.2 Å². The van der Waals surface area contributed by atoms with Crippen LogP contribution < -0.4 is 10.9 Å². The van der Waals surface area contributed by atoms with E-state index in [0.29, 0.717) is 38.8 Å². The summed E-state index contributed by atoms with van der Waals surface area (Å²) in [5.74, 6) is 0.392. The molecule has 0 aromatic carbocycles. The van der Waals surface area contributed by atoms with E-state index < -0.39 is 0 Å². The second kappa shape index (κ2) is 8.05. The Morgan fingerprint density at radius 1 is 1.29 bits per heavy atom. The lowest BCUT2D eigenvalue weighted by Crippen LogP contribution is -2.28. The summed E-state index contributed by atoms with van der Waals surface area (Å²) in [5, 5.41) is 3.47. The van der Waals surface area contributed by atoms with Gasteiger partial charge < -0.3 is 5.32 Å². The van der Waals surface area contributed by atoms with E-state index in [1.165, 1.54) is 35.4 Å². The lowest BCUT2D eigenvalue weighted by Gasteiger charge is -2.24. The molecule has 0 radical (unpaired) electrons. The van der Waals surface area contributed by atoms with Crippen LogP contribution in [0.25, 0.3) is 11.7 Å². The highest BCUT2D eigenvalue weighted by Crippen LogP contribution is 2.33. The molecule has 2 fully saturated rings. The molecule has 2 aromatic heterocycles. The topological polar surface area (TPSA) is 66.7 Å². The van der Waals surface area contributed by atoms with Gasteiger partial charge in [-0.2, -0.15) is 0 Å². The SMILES string of the molecule is CCN1C(=O)/C(=C\c2c(NC3CCCCC3)nc3ccccn3c2=O)SC1=S. The van der Waals surface area contributed by atoms with Crippen molar-refractivity contribution in [1.82, 2.24) is 14.3 Å². The van der Waals surface area contributed by atoms with Gasteiger partial charge in [0.15, 0.2) is 0 Å². The number of nitrogens with zero attached hydrogens (tertiary/aromatic N) is 3. The number of anilines is 1. The normalized spacial score (nSPS) is 19.8. The predicted molar refractivity (Wildman–Crippen MR) is 118 cm³/mol. The number of hydrogen-bond acceptors (Lipinski definition) is 6. The van der Waals surface area contributed by atoms with Gasteiger partial charge in [0, 0.05) is 18.8 Å². The first-order valence-electron chi connectivity index (χ1n) is 9.61. The maximum Gasteiger partial charge on any atom is 0.267 e. The Balaban J connectivity index is 1.81. The maximum absolute atomic E-state index is 13.2. The van der Waals surface area contributed by atoms with Crippen molar-refractivity contribution in [1.29, 1.82) is 0 Å². The van der Waals surface area contributed by atoms with Crippen LogP contribution in [0.3, 0.4) is 0 Å². The van der Waals surface area contributed by atoms with Crippen molar-refractivity contribution < 1.29 is 4.79 Å². The van der Waals surface area contributed by atoms with Gasteiger partial charge in [-0.05, 0) is 38.0 Å². The molecule has 8 heteroatoms. The molecule has 2 aliphatic rings. The molecule has 0 bridgehead atoms. The molecule has 1 N–H and O–H groups in total. The van der Waals surface area contributed by atoms with Crippen molar-refractivity contribution in [2.75, 3.05) is 11.9 Å². The zero-order valence-corrected chi connectivity index (χ0v) is 17.3. The molecule has 28 heavy (non-hydrogen) atoms. The van der Waals surface area contributed by atoms with Crippen LogP contribution in [0.2, 0.25) is 0 Å². The number of carbonyl (C=O) groups excluding carboxylic acids is 1. The number of nitrogens with one attached hydrogen (secondary N) is 1. The maximum atomic E-state index is 13.2. The molecule has 1 saturated heterocycles. The quantitative estimate of drug-likeness (QED) is 0.608. The third kappa shape index (κ3) is 3.58. The van der Waals surface area contributed by atoms with Crippen molar-refractivity contribution in [3.8, 4) is 0 Å². The largest absolute Gasteiger partial charge is 0.367 e. The van der Waals surface area contributed by atoms with Gasteiger partial charge in [-0.1, -0.05) is 49.3 Å². The number of thioether (sulfide) groups is 1. The minimum atomic E-state index is -0.189. The molecule has 1 saturated carbocycles. The summed E-state index contributed by atoms with van der Waals surface area (Å²) in [6.45, 7) is 2.40. The van der Waals surface area contributed by atoms with Crippen LogP contribution in [-0.4, -0.2) is 37.1 Å². The lowest BCUT2D eigenvalue weighted by atomic mass is 9.95. The summed E-state index contributed by atoms with van der Waals surface area (Å²) in [4.78, 5) is 32.5. The average molecular weight is 415 g/mol. The van der Waals surface area contributed by atoms with Crippen LogP contribution in [0.5, 0.6) is 0 Å². The smallest absolute Gasteiger partial charge is 0.267 e. The van der Waals surface area contributed by atoms with E-state index in [-0.39, 0.29) is 11.5 Å². The molecule has 146 valence electrons. The number of carbonyl (C=O) groups is 1. The summed E-state index contributed by atoms with van der Waals surface area (Å²) in [5.41, 5.74) is 0.806. The van der Waals surface area contributed by atoms with Gasteiger partial charge in [0.25, 0.3) is 11.5 Å². The van der Waals surface area contributed by atoms with Crippen molar-refractivity contribution >= 4 is 51.7 Å². The standard InChI is InChI=1S/C20H22N4O2S2/c1-2-23-19(26)15(28-20(23)27)12-14-17(21-13-8-4-3-5-9-13)22-16-10-6-7-11-24(16)18(14)25/h6-7,10-13,21H,2-5,8-9H2,1H3/b15-12+. The molecule has 3 heterocycles. The summed E-state index contributed by atoms with van der Waals surface area (Å²) >= 11 is 6.53. The number of fused-ring (bicyclic) bond motifs is 1. The third-order valence-electron chi connectivity index (χ3n) is 5.18. The van der Waals surface area contributed by atoms with Crippen molar-refractivity contribution in [3.63, 3.8) is 0 Å². The number of pyridine rings is 1. The highest BCUT2D eigenvalue weighted by molar-refractivity contribution is 8.26. The number of rotatable bonds is 4. The number of aromatic nitrogens is 2. The van der Waals surface area contributed by atoms with Gasteiger partial charge in [0.1, 0.15) is 15.8 Å². The van der Waals surface area contributed by atoms with Gasteiger partial charge in [0.05, 0.1) is 10.5 Å². The lowest BCUT2D eigenvalue weighted by molar-refractivity contribution is -0.121. The third-order valence-corrected chi connectivity index (χ3v) is 6.56. The Hall–Kier alpha value is -2.19. The van der Waals surface area contributed by atoms with Crippen LogP contribution in [0.4, 0.5) is 5.82 Å². The van der Waals surface area contributed by atoms with E-state index in [1.807, 2.05) is 19.1 Å². The predicted octanol–water partition coefficient (Wildman–Crippen LogP) is 3.66. The van der Waals surface area contributed by atoms with Crippen LogP contribution in [-0.2, 0) is 4.79 Å². The Bertz CT molecular complexity index is 1020. The highest BCUT2D eigenvalue weighted by atomic mass is 32.2. The van der Waals surface area contributed by atoms with E-state index >= 15 is 0 Å². The van der Waals surface area contributed by atoms with Crippen molar-refractivity contribution in [2.45, 2.75) is 45.1 Å². The van der Waals surface area contributed by atoms with Gasteiger partial charge in [0.2, 0.25) is 0 Å². The Labute approximate surface area is 173 Å². The fourth-order valence-corrected chi connectivity index (χ4v) is 5.05. The van der Waals surface area contributed by atoms with Gasteiger partial charge in [-0.15, -0.1) is 0 Å². The molecule has 2 aromatic rings. The molecular weight excluding hydrogens is 392 g/mol. The summed E-state index contributed by atoms with van der Waals surface area (Å²) in [6, 6.07) is 5.76. The molecule has 0 unspecified atom stereocenters. The Kier molecular flexibility index (Phi) is 5.50. The fourth-order valence-electron chi connectivity index (χ4n) is 3.69. The zero-order chi connectivity index (χ0) is 19.7. The molecule has 0 atom stereocenters. The van der Waals surface area contributed by atoms with Crippen LogP contribution in [0.1, 0.15) is 44.6 Å². The highest BCUT2D eigenvalue weighted by Gasteiger charge is 2.31. The van der Waals surface area contributed by atoms with E-state index in [9.17, 15) is 9.59 Å². The summed E-state index contributed by atoms with van der Waals surface area (Å²) < 4.78 is 2.03. The van der Waals surface area contributed by atoms with Crippen LogP contribution in [0.15, 0.2) is 34.1 Å². The molecule has 1 aliphatic heterocycles. The first-order chi connectivity index (χ1) is 13.6. The number of likely N-dealkylation sites (N-methyl/N-ethyl adjacent to an activating group) is 1. The molecule has 1 aliphatic carbocycles. The second-order valence-corrected chi connectivity index (χ2v) is 8.69. The number of hydrogen-bond donors (Lipinski definition) is 1. The number of amides is 1. The number of thiocarbonyl (C=S) groups is 1. The fraction of sp³-hybridized carbons (Fsp3) is 0.400. The Morgan fingerprint density at radius 3 is 2.79 bits per heavy atom. The molecular formula is C20H22N4O2S2. The first kappa shape index (κ1) is 19.1. The summed E-state index contributed by atoms with van der Waals surface area (Å²) in [6.07, 6.45) is 9.07. The Morgan fingerprint density at radius 2 is 2.07 bits per heavy atom. The molecule has 0 spiro atoms. The first-order valence-corrected chi connectivity index (χ1v) is 10.8. The van der Waals surface area contributed by atoms with Crippen molar-refractivity contribution in [3.05, 3.63) is 45.2 Å². The molecule has 1 amide bonds. The zero-order valence-electron chi connectivity index (χ0n) is 15.7. The van der Waals surface area contributed by atoms with E-state index in [4.69, 9.17) is 17.2 Å². The van der Waals surface area contributed by atoms with Crippen LogP contribution in [0, 0.1) is 0 Å². The molecule has 6 nitrogen and oxygen atoms in total. The van der Waals surface area contributed by atoms with Crippen LogP contribution >= 0.6 is 24.0 Å². The van der Waals surface area contributed by atoms with Gasteiger partial charge in [-0.3, -0.25) is 18.9 Å². The van der Waals surface area contributed by atoms with Gasteiger partial charge >= 0.3 is 0 Å². The van der Waals surface area contributed by atoms with Gasteiger partial charge in [-0.25, -0.2) is 4.98 Å². The monoisotopic (exact) mass is 414 g/mol. The van der Waals surface area contributed by atoms with E-state index in [0.717, 1.165) is 12.8 Å². The second-order valence-electron chi connectivity index (χ2n) is 7.01. The minimum absolute atomic E-state index is 0.154. The molecule has 4 rings (SSSR count). The minimum Gasteiger partial charge on any atom is -0.367 e.